The molecule has 5 aliphatic carbocycles. The molecule has 1 spiro atoms. The van der Waals surface area contributed by atoms with E-state index in [0.29, 0.717) is 48.7 Å². The molecule has 4 unspecified atom stereocenters. The standard InChI is InChI=1S/C33H54O6/c1-18(20-7-8-20)28(34)29(35)19(2)22-9-10-23-21-16-33(36-13-14-37-33)27-15-25-26(39-30(3,4)38-25)17-32(27,6)24(21)11-12-31(22,23)5/h18-29,34-35H,7-17H2,1-6H3/t18-,19-,21?,22+,23?,24?,25-,26+,27?,28+,29+,31+,32+/m0/s1. The lowest BCUT2D eigenvalue weighted by atomic mass is 9.42. The first-order chi connectivity index (χ1) is 18.4. The van der Waals surface area contributed by atoms with E-state index in [2.05, 4.69) is 41.5 Å². The molecule has 2 saturated heterocycles. The Labute approximate surface area is 235 Å². The van der Waals surface area contributed by atoms with Crippen LogP contribution in [-0.2, 0) is 18.9 Å². The van der Waals surface area contributed by atoms with Gasteiger partial charge in [-0.15, -0.1) is 0 Å². The van der Waals surface area contributed by atoms with Crippen LogP contribution < -0.4 is 0 Å². The average Bonchev–Trinajstić information content (AvgIpc) is 3.41. The third-order valence-corrected chi connectivity index (χ3v) is 13.8. The summed E-state index contributed by atoms with van der Waals surface area (Å²) in [4.78, 5) is 0. The van der Waals surface area contributed by atoms with Gasteiger partial charge in [0.1, 0.15) is 0 Å². The average molecular weight is 547 g/mol. The zero-order valence-electron chi connectivity index (χ0n) is 25.2. The van der Waals surface area contributed by atoms with Crippen LogP contribution in [0.1, 0.15) is 99.3 Å². The summed E-state index contributed by atoms with van der Waals surface area (Å²) in [7, 11) is 0. The molecule has 0 radical (unpaired) electrons. The van der Waals surface area contributed by atoms with Crippen LogP contribution in [0, 0.1) is 58.2 Å². The van der Waals surface area contributed by atoms with Gasteiger partial charge in [0.2, 0.25) is 0 Å². The van der Waals surface area contributed by atoms with Gasteiger partial charge in [0.25, 0.3) is 0 Å². The maximum atomic E-state index is 11.4. The fraction of sp³-hybridized carbons (Fsp3) is 1.00. The molecular formula is C33H54O6. The van der Waals surface area contributed by atoms with Gasteiger partial charge in [0.15, 0.2) is 11.6 Å². The molecule has 0 bridgehead atoms. The molecule has 7 fully saturated rings. The molecule has 2 aliphatic heterocycles. The molecule has 13 atom stereocenters. The van der Waals surface area contributed by atoms with Crippen molar-refractivity contribution >= 4 is 0 Å². The quantitative estimate of drug-likeness (QED) is 0.472. The minimum Gasteiger partial charge on any atom is -0.390 e. The van der Waals surface area contributed by atoms with Gasteiger partial charge in [-0.25, -0.2) is 0 Å². The molecule has 2 heterocycles. The van der Waals surface area contributed by atoms with E-state index in [1.807, 2.05) is 0 Å². The van der Waals surface area contributed by atoms with Gasteiger partial charge in [-0.05, 0) is 117 Å². The lowest BCUT2D eigenvalue weighted by Crippen LogP contribution is -2.65. The predicted molar refractivity (Wildman–Crippen MR) is 148 cm³/mol. The maximum absolute atomic E-state index is 11.4. The molecule has 0 aromatic carbocycles. The van der Waals surface area contributed by atoms with E-state index in [0.717, 1.165) is 25.7 Å². The van der Waals surface area contributed by atoms with E-state index >= 15 is 0 Å². The molecule has 0 aromatic rings. The predicted octanol–water partition coefficient (Wildman–Crippen LogP) is 5.53. The first kappa shape index (κ1) is 27.6. The summed E-state index contributed by atoms with van der Waals surface area (Å²) in [5, 5.41) is 22.5. The number of rotatable bonds is 5. The Kier molecular flexibility index (Phi) is 6.46. The number of hydrogen-bond acceptors (Lipinski definition) is 6. The second kappa shape index (κ2) is 9.13. The van der Waals surface area contributed by atoms with Crippen molar-refractivity contribution in [1.29, 1.82) is 0 Å². The minimum atomic E-state index is -0.641. The molecule has 6 nitrogen and oxygen atoms in total. The highest BCUT2D eigenvalue weighted by atomic mass is 16.8. The van der Waals surface area contributed by atoms with E-state index in [9.17, 15) is 10.2 Å². The van der Waals surface area contributed by atoms with Crippen molar-refractivity contribution in [2.45, 2.75) is 135 Å². The van der Waals surface area contributed by atoms with Crippen LogP contribution in [0.5, 0.6) is 0 Å². The second-order valence-electron chi connectivity index (χ2n) is 16.1. The SMILES string of the molecule is C[C@H]([C@@H](O)[C@H](O)[C@@H](C)C1CC1)[C@H]1CCC2C3CC4(OCCO4)C4C[C@@H]5OC(C)(C)O[C@@H]5C[C@]4(C)C3CC[C@@]21C. The molecule has 0 aromatic heterocycles. The molecule has 2 N–H and O–H groups in total. The van der Waals surface area contributed by atoms with Crippen LogP contribution in [0.25, 0.3) is 0 Å². The van der Waals surface area contributed by atoms with Crippen molar-refractivity contribution in [3.8, 4) is 0 Å². The third-order valence-electron chi connectivity index (χ3n) is 13.8. The normalized spacial score (nSPS) is 50.9. The van der Waals surface area contributed by atoms with Crippen molar-refractivity contribution in [3.05, 3.63) is 0 Å². The van der Waals surface area contributed by atoms with Crippen LogP contribution in [0.3, 0.4) is 0 Å². The topological polar surface area (TPSA) is 77.4 Å². The summed E-state index contributed by atoms with van der Waals surface area (Å²) in [6, 6.07) is 0. The van der Waals surface area contributed by atoms with Crippen LogP contribution in [0.2, 0.25) is 0 Å². The summed E-state index contributed by atoms with van der Waals surface area (Å²) in [5.74, 6) is 2.42. The van der Waals surface area contributed by atoms with Gasteiger partial charge in [0.05, 0.1) is 37.6 Å². The number of hydrogen-bond donors (Lipinski definition) is 2. The molecular weight excluding hydrogens is 492 g/mol. The monoisotopic (exact) mass is 546 g/mol. The van der Waals surface area contributed by atoms with Gasteiger partial charge < -0.3 is 29.2 Å². The van der Waals surface area contributed by atoms with Crippen molar-refractivity contribution < 1.29 is 29.2 Å². The number of fused-ring (bicyclic) bond motifs is 7. The maximum Gasteiger partial charge on any atom is 0.172 e. The van der Waals surface area contributed by atoms with Crippen molar-refractivity contribution in [3.63, 3.8) is 0 Å². The Morgan fingerprint density at radius 2 is 1.36 bits per heavy atom. The first-order valence-electron chi connectivity index (χ1n) is 16.4. The minimum absolute atomic E-state index is 0.0959. The lowest BCUT2D eigenvalue weighted by molar-refractivity contribution is -0.301. The molecule has 7 rings (SSSR count). The Balaban J connectivity index is 1.16. The van der Waals surface area contributed by atoms with Gasteiger partial charge in [-0.1, -0.05) is 27.7 Å². The number of ether oxygens (including phenoxy) is 4. The van der Waals surface area contributed by atoms with E-state index in [1.54, 1.807) is 0 Å². The van der Waals surface area contributed by atoms with Crippen molar-refractivity contribution in [2.24, 2.45) is 58.2 Å². The Morgan fingerprint density at radius 1 is 0.718 bits per heavy atom. The van der Waals surface area contributed by atoms with Crippen LogP contribution in [0.15, 0.2) is 0 Å². The van der Waals surface area contributed by atoms with E-state index < -0.39 is 23.8 Å². The Hall–Kier alpha value is -0.240. The van der Waals surface area contributed by atoms with Gasteiger partial charge >= 0.3 is 0 Å². The summed E-state index contributed by atoms with van der Waals surface area (Å²) in [5.41, 5.74) is 0.276. The van der Waals surface area contributed by atoms with Gasteiger partial charge in [-0.2, -0.15) is 0 Å². The number of aliphatic hydroxyl groups excluding tert-OH is 2. The lowest BCUT2D eigenvalue weighted by Gasteiger charge is -2.65. The molecule has 222 valence electrons. The summed E-state index contributed by atoms with van der Waals surface area (Å²) in [6.07, 6.45) is 9.19. The molecule has 7 aliphatic rings. The van der Waals surface area contributed by atoms with Crippen molar-refractivity contribution in [1.82, 2.24) is 0 Å². The number of aliphatic hydroxyl groups is 2. The highest BCUT2D eigenvalue weighted by Gasteiger charge is 2.70. The van der Waals surface area contributed by atoms with E-state index in [4.69, 9.17) is 18.9 Å². The van der Waals surface area contributed by atoms with Crippen LogP contribution in [0.4, 0.5) is 0 Å². The zero-order valence-corrected chi connectivity index (χ0v) is 25.2. The highest BCUT2D eigenvalue weighted by molar-refractivity contribution is 5.16. The second-order valence-corrected chi connectivity index (χ2v) is 16.1. The zero-order chi connectivity index (χ0) is 27.5. The first-order valence-corrected chi connectivity index (χ1v) is 16.4. The summed E-state index contributed by atoms with van der Waals surface area (Å²) in [6.45, 7) is 14.9. The molecule has 39 heavy (non-hydrogen) atoms. The van der Waals surface area contributed by atoms with E-state index in [1.165, 1.54) is 32.1 Å². The Bertz CT molecular complexity index is 942. The summed E-state index contributed by atoms with van der Waals surface area (Å²) >= 11 is 0. The molecule has 6 heteroatoms. The Morgan fingerprint density at radius 3 is 2.05 bits per heavy atom. The fourth-order valence-electron chi connectivity index (χ4n) is 11.8. The highest BCUT2D eigenvalue weighted by Crippen LogP contribution is 2.71. The molecule has 5 saturated carbocycles. The van der Waals surface area contributed by atoms with Gasteiger partial charge in [-0.3, -0.25) is 0 Å². The largest absolute Gasteiger partial charge is 0.390 e. The van der Waals surface area contributed by atoms with Crippen LogP contribution >= 0.6 is 0 Å². The smallest absolute Gasteiger partial charge is 0.172 e. The summed E-state index contributed by atoms with van der Waals surface area (Å²) < 4.78 is 26.2. The van der Waals surface area contributed by atoms with Gasteiger partial charge in [0, 0.05) is 12.3 Å². The van der Waals surface area contributed by atoms with Crippen molar-refractivity contribution in [2.75, 3.05) is 13.2 Å². The fourth-order valence-corrected chi connectivity index (χ4v) is 11.8. The third kappa shape index (κ3) is 4.08. The van der Waals surface area contributed by atoms with E-state index in [-0.39, 0.29) is 34.9 Å². The molecule has 0 amide bonds. The van der Waals surface area contributed by atoms with Crippen LogP contribution in [-0.4, -0.2) is 59.4 Å².